The van der Waals surface area contributed by atoms with Crippen LogP contribution in [0, 0.1) is 5.82 Å². The van der Waals surface area contributed by atoms with Crippen LogP contribution in [0.3, 0.4) is 0 Å². The molecular weight excluding hydrogens is 557 g/mol. The highest BCUT2D eigenvalue weighted by molar-refractivity contribution is 5.88. The summed E-state index contributed by atoms with van der Waals surface area (Å²) >= 11 is 0. The Morgan fingerprint density at radius 1 is 0.818 bits per heavy atom. The largest absolute Gasteiger partial charge is 0.481 e. The fourth-order valence-electron chi connectivity index (χ4n) is 5.91. The van der Waals surface area contributed by atoms with Crippen LogP contribution in [-0.2, 0) is 30.7 Å². The Morgan fingerprint density at radius 3 is 2.05 bits per heavy atom. The van der Waals surface area contributed by atoms with E-state index in [1.165, 1.54) is 17.7 Å². The zero-order valence-electron chi connectivity index (χ0n) is 25.5. The molecule has 7 nitrogen and oxygen atoms in total. The number of carboxylic acids is 1. The lowest BCUT2D eigenvalue weighted by Gasteiger charge is -2.20. The van der Waals surface area contributed by atoms with Crippen molar-refractivity contribution in [1.82, 2.24) is 9.88 Å². The van der Waals surface area contributed by atoms with Gasteiger partial charge in [-0.05, 0) is 80.5 Å². The molecule has 0 aliphatic carbocycles. The maximum Gasteiger partial charge on any atom is 0.305 e. The highest BCUT2D eigenvalue weighted by atomic mass is 19.1. The zero-order chi connectivity index (χ0) is 31.6. The first-order valence-electron chi connectivity index (χ1n) is 15.3. The van der Waals surface area contributed by atoms with Crippen molar-refractivity contribution in [3.63, 3.8) is 0 Å². The molecule has 2 atom stereocenters. The van der Waals surface area contributed by atoms with Crippen LogP contribution in [0.1, 0.15) is 61.7 Å². The minimum atomic E-state index is -1.13. The molecule has 0 bridgehead atoms. The number of rotatable bonds is 16. The monoisotopic (exact) mass is 601 g/mol. The normalized spacial score (nSPS) is 12.9. The topological polar surface area (TPSA) is 121 Å². The summed E-state index contributed by atoms with van der Waals surface area (Å²) < 4.78 is 16.4. The number of nitrogens with one attached hydrogen (secondary N) is 1. The number of benzene rings is 3. The van der Waals surface area contributed by atoms with Gasteiger partial charge in [0, 0.05) is 41.6 Å². The van der Waals surface area contributed by atoms with Gasteiger partial charge in [0.15, 0.2) is 0 Å². The number of hydrogen-bond acceptors (Lipinski definition) is 5. The Kier molecular flexibility index (Phi) is 11.9. The average molecular weight is 602 g/mol. The summed E-state index contributed by atoms with van der Waals surface area (Å²) in [5.41, 5.74) is 14.1. The molecule has 0 aliphatic rings. The van der Waals surface area contributed by atoms with Gasteiger partial charge in [-0.2, -0.15) is 0 Å². The van der Waals surface area contributed by atoms with Crippen LogP contribution in [0.2, 0.25) is 0 Å². The number of carboxylic acid groups (broad SMARTS) is 1. The molecule has 0 saturated heterocycles. The lowest BCUT2D eigenvalue weighted by Crippen LogP contribution is -2.22. The van der Waals surface area contributed by atoms with Gasteiger partial charge in [0.05, 0.1) is 18.6 Å². The molecule has 4 rings (SSSR count). The van der Waals surface area contributed by atoms with Crippen LogP contribution < -0.4 is 11.1 Å². The predicted molar refractivity (Wildman–Crippen MR) is 173 cm³/mol. The van der Waals surface area contributed by atoms with Gasteiger partial charge in [0.25, 0.3) is 0 Å². The summed E-state index contributed by atoms with van der Waals surface area (Å²) in [6.07, 6.45) is -0.788. The molecule has 0 aliphatic heterocycles. The first-order chi connectivity index (χ1) is 21.2. The van der Waals surface area contributed by atoms with E-state index < -0.39 is 24.6 Å². The van der Waals surface area contributed by atoms with E-state index in [9.17, 15) is 19.4 Å². The molecule has 3 aromatic carbocycles. The Balaban J connectivity index is 1.75. The number of aromatic nitrogens is 1. The first kappa shape index (κ1) is 33.1. The van der Waals surface area contributed by atoms with Crippen molar-refractivity contribution in [1.29, 1.82) is 0 Å². The molecule has 6 N–H and O–H groups in total. The lowest BCUT2D eigenvalue weighted by atomic mass is 9.93. The third kappa shape index (κ3) is 8.64. The number of nitrogens with two attached hydrogens (primary N) is 1. The van der Waals surface area contributed by atoms with Crippen molar-refractivity contribution in [3.8, 4) is 22.3 Å². The number of aliphatic hydroxyl groups excluding tert-OH is 2. The van der Waals surface area contributed by atoms with E-state index in [1.807, 2.05) is 18.2 Å². The molecule has 234 valence electrons. The van der Waals surface area contributed by atoms with Gasteiger partial charge in [-0.25, -0.2) is 4.39 Å². The smallest absolute Gasteiger partial charge is 0.305 e. The fourth-order valence-corrected chi connectivity index (χ4v) is 5.91. The van der Waals surface area contributed by atoms with Gasteiger partial charge < -0.3 is 30.9 Å². The Bertz CT molecular complexity index is 1480. The first-order valence-corrected chi connectivity index (χ1v) is 15.3. The van der Waals surface area contributed by atoms with Gasteiger partial charge >= 0.3 is 5.97 Å². The number of carbonyl (C=O) groups is 1. The maximum atomic E-state index is 14.1. The Hall–Kier alpha value is -3.82. The van der Waals surface area contributed by atoms with E-state index in [4.69, 9.17) is 10.8 Å². The van der Waals surface area contributed by atoms with E-state index in [0.29, 0.717) is 32.5 Å². The van der Waals surface area contributed by atoms with E-state index in [0.717, 1.165) is 45.6 Å². The van der Waals surface area contributed by atoms with Gasteiger partial charge in [-0.1, -0.05) is 66.7 Å². The van der Waals surface area contributed by atoms with Crippen LogP contribution in [0.4, 0.5) is 4.39 Å². The van der Waals surface area contributed by atoms with E-state index >= 15 is 0 Å². The second-order valence-electron chi connectivity index (χ2n) is 11.6. The molecule has 1 heterocycles. The molecule has 8 heteroatoms. The number of nitrogens with zero attached hydrogens (tertiary/aromatic N) is 1. The van der Waals surface area contributed by atoms with Crippen molar-refractivity contribution in [3.05, 3.63) is 107 Å². The highest BCUT2D eigenvalue weighted by Crippen LogP contribution is 2.42. The number of halogens is 1. The van der Waals surface area contributed by atoms with Gasteiger partial charge in [-0.3, -0.25) is 4.79 Å². The fraction of sp³-hybridized carbons (Fsp3) is 0.361. The van der Waals surface area contributed by atoms with Crippen molar-refractivity contribution in [2.24, 2.45) is 5.73 Å². The number of aliphatic carboxylic acids is 1. The molecule has 1 aromatic heterocycles. The van der Waals surface area contributed by atoms with Crippen LogP contribution in [-0.4, -0.2) is 44.6 Å². The number of hydrogen-bond donors (Lipinski definition) is 5. The van der Waals surface area contributed by atoms with Crippen LogP contribution in [0.25, 0.3) is 22.3 Å². The van der Waals surface area contributed by atoms with Crippen molar-refractivity contribution in [2.75, 3.05) is 6.54 Å². The quantitative estimate of drug-likeness (QED) is 0.110. The molecule has 0 spiro atoms. The van der Waals surface area contributed by atoms with Crippen LogP contribution in [0.15, 0.2) is 78.9 Å². The van der Waals surface area contributed by atoms with Crippen molar-refractivity contribution < 1.29 is 24.5 Å². The zero-order valence-corrected chi connectivity index (χ0v) is 25.5. The minimum Gasteiger partial charge on any atom is -0.481 e. The third-order valence-electron chi connectivity index (χ3n) is 7.87. The summed E-state index contributed by atoms with van der Waals surface area (Å²) in [6.45, 7) is 6.10. The summed E-state index contributed by atoms with van der Waals surface area (Å²) in [4.78, 5) is 11.0. The lowest BCUT2D eigenvalue weighted by molar-refractivity contribution is -0.139. The van der Waals surface area contributed by atoms with E-state index in [-0.39, 0.29) is 18.3 Å². The summed E-state index contributed by atoms with van der Waals surface area (Å²) in [6, 6.07) is 25.2. The Labute approximate surface area is 259 Å². The summed E-state index contributed by atoms with van der Waals surface area (Å²) in [5.74, 6) is -1.42. The molecule has 4 aromatic rings. The second-order valence-corrected chi connectivity index (χ2v) is 11.6. The third-order valence-corrected chi connectivity index (χ3v) is 7.87. The second kappa shape index (κ2) is 15.8. The van der Waals surface area contributed by atoms with E-state index in [1.54, 1.807) is 12.1 Å². The van der Waals surface area contributed by atoms with Gasteiger partial charge in [0.1, 0.15) is 5.82 Å². The van der Waals surface area contributed by atoms with Gasteiger partial charge in [0.2, 0.25) is 0 Å². The molecular formula is C36H44FN3O4. The van der Waals surface area contributed by atoms with Crippen LogP contribution in [0.5, 0.6) is 0 Å². The van der Waals surface area contributed by atoms with E-state index in [2.05, 4.69) is 60.1 Å². The standard InChI is InChI=1S/C36H44FN3O4/c1-24(2)40-32(17-16-30(41)20-31(42)21-34(43)44)35(28-12-14-29(37)15-13-28)36(27-6-4-3-5-7-27)33(40)23-39-22-26-10-8-25(9-11-26)18-19-38/h3-15,24,30-31,39,41-42H,16-23,38H2,1-2H3,(H,43,44). The SMILES string of the molecule is CC(C)n1c(CCC(O)CC(O)CC(=O)O)c(-c2ccc(F)cc2)c(-c2ccccc2)c1CNCc1ccc(CCN)cc1. The molecule has 0 radical (unpaired) electrons. The minimum absolute atomic E-state index is 0.0232. The van der Waals surface area contributed by atoms with Crippen LogP contribution >= 0.6 is 0 Å². The average Bonchev–Trinajstić information content (AvgIpc) is 3.31. The molecule has 0 amide bonds. The molecule has 0 fully saturated rings. The number of aliphatic hydroxyl groups is 2. The Morgan fingerprint density at radius 2 is 1.43 bits per heavy atom. The van der Waals surface area contributed by atoms with Crippen molar-refractivity contribution in [2.45, 2.75) is 77.3 Å². The summed E-state index contributed by atoms with van der Waals surface area (Å²) in [7, 11) is 0. The summed E-state index contributed by atoms with van der Waals surface area (Å²) in [5, 5.41) is 33.6. The highest BCUT2D eigenvalue weighted by Gasteiger charge is 2.27. The van der Waals surface area contributed by atoms with Crippen molar-refractivity contribution >= 4 is 5.97 Å². The molecule has 0 saturated carbocycles. The molecule has 2 unspecified atom stereocenters. The predicted octanol–water partition coefficient (Wildman–Crippen LogP) is 5.85. The molecule has 44 heavy (non-hydrogen) atoms. The van der Waals surface area contributed by atoms with Gasteiger partial charge in [-0.15, -0.1) is 0 Å². The maximum absolute atomic E-state index is 14.1.